The molecule has 0 aromatic carbocycles. The molecule has 1 unspecified atom stereocenters. The van der Waals surface area contributed by atoms with E-state index in [4.69, 9.17) is 9.29 Å². The van der Waals surface area contributed by atoms with Gasteiger partial charge >= 0.3 is 35.5 Å². The Bertz CT molecular complexity index is 665. The number of carboxylic acids is 1. The number of aliphatic carboxylic acids is 1. The average molecular weight is 541 g/mol. The molecular formula is C27H49NaO7S. The molecule has 0 radical (unpaired) electrons. The number of unbranched alkanes of at least 4 members (excludes halogenated alkanes) is 16. The predicted molar refractivity (Wildman–Crippen MR) is 138 cm³/mol. The van der Waals surface area contributed by atoms with Gasteiger partial charge in [0.2, 0.25) is 0 Å². The van der Waals surface area contributed by atoms with Crippen molar-refractivity contribution in [1.29, 1.82) is 0 Å². The third kappa shape index (κ3) is 29.8. The maximum absolute atomic E-state index is 11.7. The maximum atomic E-state index is 11.7. The van der Waals surface area contributed by atoms with Gasteiger partial charge in [0.15, 0.2) is 0 Å². The molecule has 0 saturated heterocycles. The zero-order chi connectivity index (χ0) is 26.2. The van der Waals surface area contributed by atoms with E-state index in [2.05, 4.69) is 6.92 Å². The first-order valence-corrected chi connectivity index (χ1v) is 15.4. The zero-order valence-corrected chi connectivity index (χ0v) is 25.7. The fourth-order valence-corrected chi connectivity index (χ4v) is 4.72. The summed E-state index contributed by atoms with van der Waals surface area (Å²) < 4.78 is 35.9. The Kier molecular flexibility index (Phi) is 27.5. The van der Waals surface area contributed by atoms with Gasteiger partial charge in [0.05, 0.1) is 11.7 Å². The molecule has 0 aliphatic heterocycles. The van der Waals surface area contributed by atoms with Crippen molar-refractivity contribution < 1.29 is 62.0 Å². The molecule has 0 bridgehead atoms. The van der Waals surface area contributed by atoms with E-state index in [0.29, 0.717) is 18.9 Å². The molecule has 7 nitrogen and oxygen atoms in total. The van der Waals surface area contributed by atoms with E-state index in [1.165, 1.54) is 89.9 Å². The molecule has 9 heteroatoms. The van der Waals surface area contributed by atoms with Crippen molar-refractivity contribution >= 4 is 22.1 Å². The molecule has 0 saturated carbocycles. The second-order valence-corrected chi connectivity index (χ2v) is 11.2. The Morgan fingerprint density at radius 1 is 0.722 bits per heavy atom. The van der Waals surface area contributed by atoms with Crippen LogP contribution in [0.3, 0.4) is 0 Å². The van der Waals surface area contributed by atoms with Gasteiger partial charge in [-0.3, -0.25) is 4.55 Å². The Hall–Kier alpha value is -0.410. The third-order valence-corrected chi connectivity index (χ3v) is 7.00. The summed E-state index contributed by atoms with van der Waals surface area (Å²) >= 11 is 0. The molecule has 36 heavy (non-hydrogen) atoms. The molecule has 1 N–H and O–H groups in total. The van der Waals surface area contributed by atoms with Gasteiger partial charge in [-0.25, -0.2) is 4.79 Å². The normalized spacial score (nSPS) is 12.4. The van der Waals surface area contributed by atoms with Crippen LogP contribution in [0.25, 0.3) is 0 Å². The van der Waals surface area contributed by atoms with Gasteiger partial charge in [0.1, 0.15) is 6.10 Å². The second kappa shape index (κ2) is 26.2. The molecule has 1 atom stereocenters. The van der Waals surface area contributed by atoms with E-state index in [1.807, 2.05) is 0 Å². The summed E-state index contributed by atoms with van der Waals surface area (Å²) in [5, 5.41) is 10.4. The fourth-order valence-electron chi connectivity index (χ4n) is 4.19. The molecule has 0 aromatic rings. The van der Waals surface area contributed by atoms with Crippen LogP contribution in [-0.2, 0) is 24.4 Å². The molecule has 0 heterocycles. The van der Waals surface area contributed by atoms with Crippen LogP contribution >= 0.6 is 0 Å². The minimum Gasteiger partial charge on any atom is -0.545 e. The Morgan fingerprint density at radius 3 is 1.50 bits per heavy atom. The van der Waals surface area contributed by atoms with Gasteiger partial charge < -0.3 is 14.6 Å². The van der Waals surface area contributed by atoms with Gasteiger partial charge in [0.25, 0.3) is 10.1 Å². The molecule has 0 aliphatic rings. The predicted octanol–water partition coefficient (Wildman–Crippen LogP) is 2.92. The molecule has 0 amide bonds. The minimum atomic E-state index is -4.06. The number of carbonyl (C=O) groups excluding carboxylic acids is 2. The van der Waals surface area contributed by atoms with Crippen molar-refractivity contribution in [2.75, 3.05) is 5.75 Å². The molecule has 0 spiro atoms. The van der Waals surface area contributed by atoms with Crippen molar-refractivity contribution in [2.45, 2.75) is 141 Å². The third-order valence-electron chi connectivity index (χ3n) is 6.20. The number of hydrogen-bond acceptors (Lipinski definition) is 6. The number of carbonyl (C=O) groups is 2. The molecule has 0 aliphatic carbocycles. The van der Waals surface area contributed by atoms with Crippen molar-refractivity contribution in [3.05, 3.63) is 12.2 Å². The van der Waals surface area contributed by atoms with E-state index in [9.17, 15) is 23.1 Å². The first-order valence-electron chi connectivity index (χ1n) is 13.8. The number of carboxylic acid groups (broad SMARTS) is 1. The summed E-state index contributed by atoms with van der Waals surface area (Å²) in [6, 6.07) is 0. The summed E-state index contributed by atoms with van der Waals surface area (Å²) in [5.41, 5.74) is 0. The Labute approximate surface area is 242 Å². The average Bonchev–Trinajstić information content (AvgIpc) is 2.78. The number of rotatable bonds is 25. The molecular weight excluding hydrogens is 491 g/mol. The summed E-state index contributed by atoms with van der Waals surface area (Å²) in [6.07, 6.45) is 23.6. The first kappa shape index (κ1) is 37.7. The summed E-state index contributed by atoms with van der Waals surface area (Å²) in [7, 11) is -4.06. The van der Waals surface area contributed by atoms with Crippen LogP contribution in [0.2, 0.25) is 0 Å². The van der Waals surface area contributed by atoms with Crippen LogP contribution in [-0.4, -0.2) is 36.8 Å². The monoisotopic (exact) mass is 540 g/mol. The van der Waals surface area contributed by atoms with Crippen LogP contribution in [0.1, 0.15) is 135 Å². The summed E-state index contributed by atoms with van der Waals surface area (Å²) in [5.74, 6) is -2.68. The smallest absolute Gasteiger partial charge is 0.545 e. The van der Waals surface area contributed by atoms with Crippen LogP contribution in [0, 0.1) is 0 Å². The summed E-state index contributed by atoms with van der Waals surface area (Å²) in [4.78, 5) is 22.2. The fraction of sp³-hybridized carbons (Fsp3) is 0.852. The number of hydrogen-bond donors (Lipinski definition) is 1. The molecule has 0 aromatic heterocycles. The van der Waals surface area contributed by atoms with Gasteiger partial charge in [-0.05, 0) is 31.8 Å². The quantitative estimate of drug-likeness (QED) is 0.0621. The van der Waals surface area contributed by atoms with Crippen LogP contribution in [0.4, 0.5) is 0 Å². The Morgan fingerprint density at radius 2 is 1.11 bits per heavy atom. The van der Waals surface area contributed by atoms with E-state index >= 15 is 0 Å². The van der Waals surface area contributed by atoms with Crippen molar-refractivity contribution in [1.82, 2.24) is 0 Å². The van der Waals surface area contributed by atoms with E-state index in [0.717, 1.165) is 25.3 Å². The standard InChI is InChI=1S/C27H50O7S.Na/c1-2-3-4-5-6-7-8-9-10-11-12-13-14-15-16-17-18-20-25(21-19-24-35(31,32)33)34-27(30)23-22-26(28)29;/h22-23,25H,2-21,24H2,1H3,(H,28,29)(H,31,32,33);/q;+1/p-1. The van der Waals surface area contributed by atoms with Crippen LogP contribution < -0.4 is 34.7 Å². The topological polar surface area (TPSA) is 121 Å². The van der Waals surface area contributed by atoms with Crippen molar-refractivity contribution in [2.24, 2.45) is 0 Å². The van der Waals surface area contributed by atoms with E-state index in [1.54, 1.807) is 0 Å². The maximum Gasteiger partial charge on any atom is 1.00 e. The van der Waals surface area contributed by atoms with Crippen molar-refractivity contribution in [3.63, 3.8) is 0 Å². The van der Waals surface area contributed by atoms with Gasteiger partial charge in [-0.15, -0.1) is 0 Å². The van der Waals surface area contributed by atoms with E-state index in [-0.39, 0.29) is 36.0 Å². The van der Waals surface area contributed by atoms with Crippen molar-refractivity contribution in [3.8, 4) is 0 Å². The number of ether oxygens (including phenoxy) is 1. The minimum absolute atomic E-state index is 0. The van der Waals surface area contributed by atoms with E-state index < -0.39 is 33.9 Å². The molecule has 206 valence electrons. The number of esters is 1. The van der Waals surface area contributed by atoms with Crippen LogP contribution in [0.5, 0.6) is 0 Å². The largest absolute Gasteiger partial charge is 1.00 e. The van der Waals surface area contributed by atoms with Gasteiger partial charge in [-0.2, -0.15) is 8.42 Å². The van der Waals surface area contributed by atoms with Crippen LogP contribution in [0.15, 0.2) is 12.2 Å². The molecule has 0 fully saturated rings. The Balaban J connectivity index is 0. The molecule has 0 rings (SSSR count). The SMILES string of the molecule is CCCCCCCCCCCCCCCCCCCC(CCCS(=O)(=O)O)OC(=O)C=CC(=O)[O-].[Na+]. The van der Waals surface area contributed by atoms with Gasteiger partial charge in [-0.1, -0.05) is 110 Å². The van der Waals surface area contributed by atoms with Gasteiger partial charge in [0, 0.05) is 6.08 Å². The summed E-state index contributed by atoms with van der Waals surface area (Å²) in [6.45, 7) is 2.25. The first-order chi connectivity index (χ1) is 16.7. The zero-order valence-electron chi connectivity index (χ0n) is 22.9. The second-order valence-electron chi connectivity index (χ2n) is 9.59.